The van der Waals surface area contributed by atoms with Gasteiger partial charge in [-0.3, -0.25) is 9.63 Å². The van der Waals surface area contributed by atoms with E-state index in [0.29, 0.717) is 0 Å². The minimum Gasteiger partial charge on any atom is -0.344 e. The molecule has 2 aliphatic rings. The van der Waals surface area contributed by atoms with Crippen LogP contribution in [-0.2, 0) is 9.63 Å². The van der Waals surface area contributed by atoms with Crippen LogP contribution in [0.5, 0.6) is 0 Å². The number of hydrogen-bond donors (Lipinski definition) is 1. The molecule has 2 saturated heterocycles. The summed E-state index contributed by atoms with van der Waals surface area (Å²) in [4.78, 5) is 18.6. The van der Waals surface area contributed by atoms with Crippen LogP contribution in [-0.4, -0.2) is 36.5 Å². The molecule has 0 aromatic heterocycles. The van der Waals surface area contributed by atoms with Gasteiger partial charge in [-0.05, 0) is 6.42 Å². The molecule has 0 aromatic rings. The monoisotopic (exact) mass is 170 g/mol. The van der Waals surface area contributed by atoms with Gasteiger partial charge < -0.3 is 4.90 Å². The van der Waals surface area contributed by atoms with Crippen LogP contribution in [0.25, 0.3) is 0 Å². The molecule has 68 valence electrons. The van der Waals surface area contributed by atoms with Gasteiger partial charge in [0, 0.05) is 13.6 Å². The summed E-state index contributed by atoms with van der Waals surface area (Å²) in [6, 6.07) is 0.215. The summed E-state index contributed by atoms with van der Waals surface area (Å²) in [5.74, 6) is 0.275. The Labute approximate surface area is 71.8 Å². The average molecular weight is 170 g/mol. The van der Waals surface area contributed by atoms with Crippen molar-refractivity contribution in [1.82, 2.24) is 10.4 Å². The van der Waals surface area contributed by atoms with Gasteiger partial charge in [0.1, 0.15) is 0 Å². The molecule has 0 radical (unpaired) electrons. The molecule has 4 nitrogen and oxygen atoms in total. The van der Waals surface area contributed by atoms with Crippen molar-refractivity contribution in [3.8, 4) is 0 Å². The molecule has 0 saturated carbocycles. The third-order valence-corrected chi connectivity index (χ3v) is 2.74. The molecule has 0 aromatic carbocycles. The van der Waals surface area contributed by atoms with Gasteiger partial charge in [-0.25, -0.2) is 0 Å². The number of nitrogens with one attached hydrogen (secondary N) is 1. The van der Waals surface area contributed by atoms with Crippen LogP contribution >= 0.6 is 0 Å². The van der Waals surface area contributed by atoms with Gasteiger partial charge in [-0.1, -0.05) is 6.92 Å². The highest BCUT2D eigenvalue weighted by Crippen LogP contribution is 2.29. The van der Waals surface area contributed by atoms with Crippen LogP contribution in [0.2, 0.25) is 0 Å². The molecule has 0 aliphatic carbocycles. The lowest BCUT2D eigenvalue weighted by atomic mass is 9.97. The highest BCUT2D eigenvalue weighted by Gasteiger charge is 2.48. The number of rotatable bonds is 1. The number of hydrogen-bond acceptors (Lipinski definition) is 3. The Balaban J connectivity index is 2.15. The van der Waals surface area contributed by atoms with Crippen LogP contribution in [0.4, 0.5) is 0 Å². The summed E-state index contributed by atoms with van der Waals surface area (Å²) in [5.41, 5.74) is 2.92. The second-order valence-electron chi connectivity index (χ2n) is 3.53. The number of fused-ring (bicyclic) bond motifs is 1. The zero-order valence-corrected chi connectivity index (χ0v) is 7.41. The maximum atomic E-state index is 11.6. The molecule has 1 amide bonds. The molecule has 3 atom stereocenters. The van der Waals surface area contributed by atoms with E-state index in [1.165, 1.54) is 0 Å². The van der Waals surface area contributed by atoms with Gasteiger partial charge in [-0.15, -0.1) is 0 Å². The van der Waals surface area contributed by atoms with Crippen LogP contribution in [0, 0.1) is 5.92 Å². The Morgan fingerprint density at radius 1 is 1.75 bits per heavy atom. The van der Waals surface area contributed by atoms with Gasteiger partial charge in [0.15, 0.2) is 0 Å². The predicted molar refractivity (Wildman–Crippen MR) is 43.2 cm³/mol. The van der Waals surface area contributed by atoms with Crippen LogP contribution in [0.15, 0.2) is 0 Å². The zero-order valence-electron chi connectivity index (χ0n) is 7.41. The molecule has 12 heavy (non-hydrogen) atoms. The first kappa shape index (κ1) is 8.01. The highest BCUT2D eigenvalue weighted by atomic mass is 16.7. The minimum absolute atomic E-state index is 0.0556. The van der Waals surface area contributed by atoms with Gasteiger partial charge in [-0.2, -0.15) is 5.48 Å². The van der Waals surface area contributed by atoms with E-state index in [0.717, 1.165) is 13.0 Å². The summed E-state index contributed by atoms with van der Waals surface area (Å²) in [6.45, 7) is 2.82. The van der Waals surface area contributed by atoms with Crippen molar-refractivity contribution >= 4 is 5.91 Å². The summed E-state index contributed by atoms with van der Waals surface area (Å²) < 4.78 is 0. The van der Waals surface area contributed by atoms with Gasteiger partial charge in [0.05, 0.1) is 18.1 Å². The average Bonchev–Trinajstić information content (AvgIpc) is 2.55. The van der Waals surface area contributed by atoms with Crippen LogP contribution < -0.4 is 5.48 Å². The number of amides is 1. The number of likely N-dealkylation sites (tertiary alicyclic amines) is 1. The molecule has 4 heteroatoms. The van der Waals surface area contributed by atoms with Gasteiger partial charge >= 0.3 is 0 Å². The maximum absolute atomic E-state index is 11.6. The lowest BCUT2D eigenvalue weighted by Crippen LogP contribution is -2.29. The van der Waals surface area contributed by atoms with E-state index in [2.05, 4.69) is 5.48 Å². The van der Waals surface area contributed by atoms with Gasteiger partial charge in [0.25, 0.3) is 0 Å². The molecule has 2 rings (SSSR count). The summed E-state index contributed by atoms with van der Waals surface area (Å²) in [6.07, 6.45) is 0.973. The largest absolute Gasteiger partial charge is 0.344 e. The second kappa shape index (κ2) is 2.71. The summed E-state index contributed by atoms with van der Waals surface area (Å²) >= 11 is 0. The molecule has 0 bridgehead atoms. The van der Waals surface area contributed by atoms with Crippen molar-refractivity contribution in [2.75, 3.05) is 13.6 Å². The van der Waals surface area contributed by atoms with E-state index in [1.54, 1.807) is 4.90 Å². The lowest BCUT2D eigenvalue weighted by molar-refractivity contribution is -0.132. The fourth-order valence-electron chi connectivity index (χ4n) is 2.04. The summed E-state index contributed by atoms with van der Waals surface area (Å²) in [7, 11) is 1.84. The van der Waals surface area contributed by atoms with E-state index >= 15 is 0 Å². The Morgan fingerprint density at radius 3 is 3.17 bits per heavy atom. The Bertz CT molecular complexity index is 205. The topological polar surface area (TPSA) is 41.6 Å². The lowest BCUT2D eigenvalue weighted by Gasteiger charge is -2.14. The van der Waals surface area contributed by atoms with E-state index < -0.39 is 0 Å². The smallest absolute Gasteiger partial charge is 0.229 e. The normalized spacial score (nSPS) is 40.7. The predicted octanol–water partition coefficient (Wildman–Crippen LogP) is -0.243. The van der Waals surface area contributed by atoms with E-state index in [4.69, 9.17) is 4.84 Å². The van der Waals surface area contributed by atoms with Crippen molar-refractivity contribution in [3.05, 3.63) is 0 Å². The van der Waals surface area contributed by atoms with E-state index in [1.807, 2.05) is 14.0 Å². The maximum Gasteiger partial charge on any atom is 0.229 e. The summed E-state index contributed by atoms with van der Waals surface area (Å²) in [5, 5.41) is 0. The minimum atomic E-state index is 0.0556. The van der Waals surface area contributed by atoms with Crippen molar-refractivity contribution in [3.63, 3.8) is 0 Å². The first-order valence-corrected chi connectivity index (χ1v) is 4.40. The molecule has 2 fully saturated rings. The van der Waals surface area contributed by atoms with Crippen molar-refractivity contribution in [2.24, 2.45) is 5.92 Å². The second-order valence-corrected chi connectivity index (χ2v) is 3.53. The molecule has 0 spiro atoms. The Hall–Kier alpha value is -0.610. The molecule has 2 aliphatic heterocycles. The van der Waals surface area contributed by atoms with Crippen molar-refractivity contribution < 1.29 is 9.63 Å². The van der Waals surface area contributed by atoms with Crippen LogP contribution in [0.1, 0.15) is 13.3 Å². The first-order valence-electron chi connectivity index (χ1n) is 4.40. The number of carbonyl (C=O) groups excluding carboxylic acids is 1. The van der Waals surface area contributed by atoms with E-state index in [9.17, 15) is 4.79 Å². The number of nitrogens with zero attached hydrogens (tertiary/aromatic N) is 1. The fourth-order valence-corrected chi connectivity index (χ4v) is 2.04. The highest BCUT2D eigenvalue weighted by molar-refractivity contribution is 5.82. The first-order chi connectivity index (χ1) is 5.74. The molecular formula is C8H14N2O2. The number of hydroxylamine groups is 1. The molecular weight excluding hydrogens is 156 g/mol. The number of likely N-dealkylation sites (N-methyl/N-ethyl adjacent to an activating group) is 1. The molecule has 0 unspecified atom stereocenters. The Morgan fingerprint density at radius 2 is 2.50 bits per heavy atom. The van der Waals surface area contributed by atoms with Crippen molar-refractivity contribution in [1.29, 1.82) is 0 Å². The van der Waals surface area contributed by atoms with Crippen molar-refractivity contribution in [2.45, 2.75) is 25.5 Å². The number of carbonyl (C=O) groups is 1. The third-order valence-electron chi connectivity index (χ3n) is 2.74. The SMILES string of the molecule is CC[C@@H]1ON[C@H]2CN(C)C(=O)[C@H]21. The molecule has 1 N–H and O–H groups in total. The quantitative estimate of drug-likeness (QED) is 0.590. The van der Waals surface area contributed by atoms with Crippen LogP contribution in [0.3, 0.4) is 0 Å². The van der Waals surface area contributed by atoms with Gasteiger partial charge in [0.2, 0.25) is 5.91 Å². The third kappa shape index (κ3) is 0.949. The standard InChI is InChI=1S/C8H14N2O2/c1-3-6-7-5(9-12-6)4-10(2)8(7)11/h5-7,9H,3-4H2,1-2H3/t5-,6-,7+/m0/s1. The zero-order chi connectivity index (χ0) is 8.72. The Kier molecular flexibility index (Phi) is 1.81. The van der Waals surface area contributed by atoms with E-state index in [-0.39, 0.29) is 24.0 Å². The fraction of sp³-hybridized carbons (Fsp3) is 0.875. The molecule has 2 heterocycles.